The summed E-state index contributed by atoms with van der Waals surface area (Å²) in [5.74, 6) is 1.24. The van der Waals surface area contributed by atoms with Crippen LogP contribution in [0.3, 0.4) is 0 Å². The summed E-state index contributed by atoms with van der Waals surface area (Å²) < 4.78 is 8.13. The number of amides is 1. The maximum Gasteiger partial charge on any atom is 0.244 e. The molecule has 0 radical (unpaired) electrons. The molecular weight excluding hydrogens is 480 g/mol. The minimum atomic E-state index is -1.14. The van der Waals surface area contributed by atoms with Gasteiger partial charge in [-0.25, -0.2) is 14.6 Å². The molecule has 1 saturated carbocycles. The first-order valence-corrected chi connectivity index (χ1v) is 16.5. The molecule has 35 heavy (non-hydrogen) atoms. The van der Waals surface area contributed by atoms with Crippen molar-refractivity contribution in [2.45, 2.75) is 70.9 Å². The lowest BCUT2D eigenvalue weighted by atomic mass is 9.87. The van der Waals surface area contributed by atoms with Crippen LogP contribution in [0.25, 0.3) is 22.7 Å². The molecule has 2 aliphatic rings. The fourth-order valence-electron chi connectivity index (χ4n) is 5.01. The van der Waals surface area contributed by atoms with Crippen LogP contribution < -0.4 is 4.90 Å². The molecule has 1 fully saturated rings. The lowest BCUT2D eigenvalue weighted by molar-refractivity contribution is -0.117. The van der Waals surface area contributed by atoms with E-state index in [4.69, 9.17) is 26.4 Å². The summed E-state index contributed by atoms with van der Waals surface area (Å²) in [6.45, 7) is 12.4. The van der Waals surface area contributed by atoms with Crippen molar-refractivity contribution in [2.24, 2.45) is 11.3 Å². The molecule has 0 bridgehead atoms. The van der Waals surface area contributed by atoms with Gasteiger partial charge in [-0.05, 0) is 49.6 Å². The van der Waals surface area contributed by atoms with Crippen LogP contribution in [-0.4, -0.2) is 57.7 Å². The highest BCUT2D eigenvalue weighted by molar-refractivity contribution is 6.76. The Morgan fingerprint density at radius 3 is 2.91 bits per heavy atom. The summed E-state index contributed by atoms with van der Waals surface area (Å²) in [5.41, 5.74) is 5.86. The Labute approximate surface area is 212 Å². The number of nitrogens with zero attached hydrogens (tertiary/aromatic N) is 5. The standard InChI is InChI=1S/C25H35ClN6O2Si/c1-15(26)24(33)31(3)17-10-19-22(27-13-17)29-23(28-19)21-18-9-16-11-25(16,2)12-20(18)32(30-21)14-34-7-8-35(4,5)6/h10,13,15-16H,7-9,11-12,14H2,1-6H3,(H,27,28,29)/t15?,16-,25-/m1/s1. The fraction of sp³-hybridized carbons (Fsp3) is 0.600. The van der Waals surface area contributed by atoms with Gasteiger partial charge < -0.3 is 14.6 Å². The number of anilines is 1. The highest BCUT2D eigenvalue weighted by Gasteiger charge is 2.54. The van der Waals surface area contributed by atoms with Crippen LogP contribution in [0.2, 0.25) is 25.7 Å². The van der Waals surface area contributed by atoms with Crippen LogP contribution >= 0.6 is 11.6 Å². The van der Waals surface area contributed by atoms with Gasteiger partial charge in [0.1, 0.15) is 23.3 Å². The summed E-state index contributed by atoms with van der Waals surface area (Å²) >= 11 is 5.99. The molecule has 1 unspecified atom stereocenters. The number of imidazole rings is 1. The van der Waals surface area contributed by atoms with Crippen molar-refractivity contribution in [1.82, 2.24) is 24.7 Å². The summed E-state index contributed by atoms with van der Waals surface area (Å²) in [6, 6.07) is 3.00. The van der Waals surface area contributed by atoms with E-state index >= 15 is 0 Å². The first kappa shape index (κ1) is 24.5. The number of fused-ring (bicyclic) bond motifs is 3. The molecule has 1 N–H and O–H groups in total. The van der Waals surface area contributed by atoms with E-state index in [2.05, 4.69) is 41.2 Å². The van der Waals surface area contributed by atoms with Gasteiger partial charge in [0.15, 0.2) is 11.5 Å². The molecule has 0 aliphatic heterocycles. The van der Waals surface area contributed by atoms with Gasteiger partial charge in [-0.1, -0.05) is 26.6 Å². The van der Waals surface area contributed by atoms with Crippen molar-refractivity contribution in [1.29, 1.82) is 0 Å². The Kier molecular flexibility index (Phi) is 6.09. The summed E-state index contributed by atoms with van der Waals surface area (Å²) in [7, 11) is 0.557. The lowest BCUT2D eigenvalue weighted by Crippen LogP contribution is -2.32. The van der Waals surface area contributed by atoms with Crippen LogP contribution in [0, 0.1) is 11.3 Å². The molecule has 3 heterocycles. The van der Waals surface area contributed by atoms with Crippen molar-refractivity contribution in [3.8, 4) is 11.5 Å². The van der Waals surface area contributed by atoms with Crippen LogP contribution in [0.15, 0.2) is 12.3 Å². The third-order valence-electron chi connectivity index (χ3n) is 7.54. The average molecular weight is 515 g/mol. The number of halogens is 1. The molecular formula is C25H35ClN6O2Si. The molecule has 3 aromatic heterocycles. The Hall–Kier alpha value is -2.23. The Morgan fingerprint density at radius 1 is 1.43 bits per heavy atom. The summed E-state index contributed by atoms with van der Waals surface area (Å²) in [4.78, 5) is 26.5. The molecule has 10 heteroatoms. The Balaban J connectivity index is 1.45. The van der Waals surface area contributed by atoms with Crippen molar-refractivity contribution in [3.63, 3.8) is 0 Å². The predicted octanol–water partition coefficient (Wildman–Crippen LogP) is 4.85. The largest absolute Gasteiger partial charge is 0.360 e. The van der Waals surface area contributed by atoms with Crippen LogP contribution in [-0.2, 0) is 29.1 Å². The second-order valence-corrected chi connectivity index (χ2v) is 18.0. The van der Waals surface area contributed by atoms with Gasteiger partial charge in [-0.3, -0.25) is 4.79 Å². The number of hydrogen-bond donors (Lipinski definition) is 1. The van der Waals surface area contributed by atoms with E-state index in [1.165, 1.54) is 22.6 Å². The average Bonchev–Trinajstić information content (AvgIpc) is 3.11. The van der Waals surface area contributed by atoms with Gasteiger partial charge in [-0.2, -0.15) is 5.10 Å². The van der Waals surface area contributed by atoms with Crippen molar-refractivity contribution in [2.75, 3.05) is 18.6 Å². The molecule has 3 atom stereocenters. The van der Waals surface area contributed by atoms with Crippen LogP contribution in [0.4, 0.5) is 5.69 Å². The summed E-state index contributed by atoms with van der Waals surface area (Å²) in [5, 5.41) is 4.38. The van der Waals surface area contributed by atoms with Gasteiger partial charge >= 0.3 is 0 Å². The Bertz CT molecular complexity index is 1280. The smallest absolute Gasteiger partial charge is 0.244 e. The zero-order valence-corrected chi connectivity index (χ0v) is 23.2. The minimum Gasteiger partial charge on any atom is -0.360 e. The maximum absolute atomic E-state index is 12.3. The van der Waals surface area contributed by atoms with Gasteiger partial charge in [0.05, 0.1) is 11.9 Å². The van der Waals surface area contributed by atoms with E-state index in [1.807, 2.05) is 6.07 Å². The molecule has 2 aliphatic carbocycles. The van der Waals surface area contributed by atoms with Crippen LogP contribution in [0.5, 0.6) is 0 Å². The van der Waals surface area contributed by atoms with Gasteiger partial charge in [0, 0.05) is 33.0 Å². The third kappa shape index (κ3) is 4.78. The van der Waals surface area contributed by atoms with Gasteiger partial charge in [-0.15, -0.1) is 11.6 Å². The Morgan fingerprint density at radius 2 is 2.20 bits per heavy atom. The van der Waals surface area contributed by atoms with Gasteiger partial charge in [0.2, 0.25) is 5.91 Å². The predicted molar refractivity (Wildman–Crippen MR) is 142 cm³/mol. The highest BCUT2D eigenvalue weighted by Crippen LogP contribution is 2.60. The van der Waals surface area contributed by atoms with Gasteiger partial charge in [0.25, 0.3) is 0 Å². The monoisotopic (exact) mass is 514 g/mol. The number of carbonyl (C=O) groups is 1. The molecule has 5 rings (SSSR count). The number of alkyl halides is 1. The van der Waals surface area contributed by atoms with E-state index in [9.17, 15) is 4.79 Å². The molecule has 0 spiro atoms. The van der Waals surface area contributed by atoms with E-state index < -0.39 is 13.5 Å². The number of pyridine rings is 1. The molecule has 1 amide bonds. The number of rotatable bonds is 8. The summed E-state index contributed by atoms with van der Waals surface area (Å²) in [6.07, 6.45) is 4.99. The topological polar surface area (TPSA) is 88.9 Å². The zero-order valence-electron chi connectivity index (χ0n) is 21.5. The fourth-order valence-corrected chi connectivity index (χ4v) is 5.92. The van der Waals surface area contributed by atoms with Crippen molar-refractivity contribution < 1.29 is 9.53 Å². The minimum absolute atomic E-state index is 0.182. The van der Waals surface area contributed by atoms with Crippen molar-refractivity contribution >= 4 is 42.4 Å². The highest BCUT2D eigenvalue weighted by atomic mass is 35.5. The van der Waals surface area contributed by atoms with E-state index in [0.29, 0.717) is 40.7 Å². The zero-order chi connectivity index (χ0) is 25.1. The first-order valence-electron chi connectivity index (χ1n) is 12.4. The number of hydrogen-bond acceptors (Lipinski definition) is 5. The number of aromatic nitrogens is 5. The number of nitrogens with one attached hydrogen (secondary N) is 1. The maximum atomic E-state index is 12.3. The van der Waals surface area contributed by atoms with E-state index in [1.54, 1.807) is 20.2 Å². The first-order chi connectivity index (χ1) is 16.4. The van der Waals surface area contributed by atoms with E-state index in [-0.39, 0.29) is 5.91 Å². The molecule has 8 nitrogen and oxygen atoms in total. The third-order valence-corrected chi connectivity index (χ3v) is 9.43. The van der Waals surface area contributed by atoms with Crippen molar-refractivity contribution in [3.05, 3.63) is 23.5 Å². The number of carbonyl (C=O) groups excluding carboxylic acids is 1. The second kappa shape index (κ2) is 8.71. The molecule has 0 aromatic carbocycles. The van der Waals surface area contributed by atoms with Crippen LogP contribution in [0.1, 0.15) is 31.5 Å². The number of ether oxygens (including phenoxy) is 1. The number of H-pyrrole nitrogens is 1. The van der Waals surface area contributed by atoms with E-state index in [0.717, 1.165) is 31.2 Å². The molecule has 188 valence electrons. The number of aromatic amines is 1. The molecule has 3 aromatic rings. The lowest BCUT2D eigenvalue weighted by Gasteiger charge is -2.20. The quantitative estimate of drug-likeness (QED) is 0.264. The normalized spacial score (nSPS) is 22.1. The molecule has 0 saturated heterocycles. The SMILES string of the molecule is CC(Cl)C(=O)N(C)c1cnc2[nH]c(-c3nn(COCC[Si](C)(C)C)c4c3C[C@@H]3C[C@]3(C)C4)nc2c1. The second-order valence-electron chi connectivity index (χ2n) is 11.7.